The van der Waals surface area contributed by atoms with Gasteiger partial charge in [0, 0.05) is 18.9 Å². The summed E-state index contributed by atoms with van der Waals surface area (Å²) in [7, 11) is 0. The number of hydrogen-bond acceptors (Lipinski definition) is 4. The maximum Gasteiger partial charge on any atom is 0.226 e. The monoisotopic (exact) mass is 252 g/mol. The van der Waals surface area contributed by atoms with Crippen LogP contribution in [0.2, 0.25) is 0 Å². The SMILES string of the molecule is CCC1CCCC(c2noc(CCCCO)n2)C1. The Bertz CT molecular complexity index is 351. The Morgan fingerprint density at radius 3 is 3.00 bits per heavy atom. The zero-order valence-corrected chi connectivity index (χ0v) is 11.3. The Labute approximate surface area is 109 Å². The van der Waals surface area contributed by atoms with E-state index >= 15 is 0 Å². The number of rotatable bonds is 6. The molecule has 0 amide bonds. The van der Waals surface area contributed by atoms with Crippen LogP contribution in [0.25, 0.3) is 0 Å². The summed E-state index contributed by atoms with van der Waals surface area (Å²) in [5, 5.41) is 12.9. The summed E-state index contributed by atoms with van der Waals surface area (Å²) in [6.07, 6.45) is 8.83. The van der Waals surface area contributed by atoms with Crippen molar-refractivity contribution >= 4 is 0 Å². The van der Waals surface area contributed by atoms with E-state index in [2.05, 4.69) is 17.1 Å². The summed E-state index contributed by atoms with van der Waals surface area (Å²) < 4.78 is 5.29. The van der Waals surface area contributed by atoms with Gasteiger partial charge in [0.15, 0.2) is 5.82 Å². The molecule has 1 aliphatic rings. The summed E-state index contributed by atoms with van der Waals surface area (Å²) in [4.78, 5) is 4.52. The van der Waals surface area contributed by atoms with Gasteiger partial charge in [-0.25, -0.2) is 0 Å². The van der Waals surface area contributed by atoms with Gasteiger partial charge < -0.3 is 9.63 Å². The van der Waals surface area contributed by atoms with E-state index in [9.17, 15) is 0 Å². The predicted octanol–water partition coefficient (Wildman–Crippen LogP) is 3.07. The maximum atomic E-state index is 8.74. The van der Waals surface area contributed by atoms with Gasteiger partial charge in [0.25, 0.3) is 0 Å². The molecular formula is C14H24N2O2. The summed E-state index contributed by atoms with van der Waals surface area (Å²) in [6.45, 7) is 2.51. The molecule has 18 heavy (non-hydrogen) atoms. The van der Waals surface area contributed by atoms with Crippen molar-refractivity contribution in [3.05, 3.63) is 11.7 Å². The third-order valence-electron chi connectivity index (χ3n) is 4.01. The molecule has 0 bridgehead atoms. The Hall–Kier alpha value is -0.900. The number of aromatic nitrogens is 2. The van der Waals surface area contributed by atoms with Gasteiger partial charge in [0.05, 0.1) is 0 Å². The van der Waals surface area contributed by atoms with Crippen molar-refractivity contribution in [2.45, 2.75) is 64.2 Å². The fourth-order valence-corrected chi connectivity index (χ4v) is 2.82. The normalized spacial score (nSPS) is 24.3. The molecule has 1 saturated carbocycles. The summed E-state index contributed by atoms with van der Waals surface area (Å²) >= 11 is 0. The Balaban J connectivity index is 1.88. The molecule has 2 atom stereocenters. The third kappa shape index (κ3) is 3.55. The fourth-order valence-electron chi connectivity index (χ4n) is 2.82. The van der Waals surface area contributed by atoms with Crippen molar-refractivity contribution in [3.8, 4) is 0 Å². The molecule has 0 aliphatic heterocycles. The topological polar surface area (TPSA) is 59.2 Å². The van der Waals surface area contributed by atoms with E-state index in [0.29, 0.717) is 5.92 Å². The Kier molecular flexibility index (Phi) is 5.17. The summed E-state index contributed by atoms with van der Waals surface area (Å²) in [6, 6.07) is 0. The third-order valence-corrected chi connectivity index (χ3v) is 4.01. The number of aliphatic hydroxyl groups excluding tert-OH is 1. The first-order valence-corrected chi connectivity index (χ1v) is 7.26. The van der Waals surface area contributed by atoms with E-state index in [-0.39, 0.29) is 6.61 Å². The van der Waals surface area contributed by atoms with Gasteiger partial charge in [0.2, 0.25) is 5.89 Å². The zero-order valence-electron chi connectivity index (χ0n) is 11.3. The predicted molar refractivity (Wildman–Crippen MR) is 69.3 cm³/mol. The summed E-state index contributed by atoms with van der Waals surface area (Å²) in [5.74, 6) is 2.98. The molecule has 1 aliphatic carbocycles. The first kappa shape index (κ1) is 13.5. The van der Waals surface area contributed by atoms with Crippen LogP contribution < -0.4 is 0 Å². The van der Waals surface area contributed by atoms with Crippen LogP contribution in [0.4, 0.5) is 0 Å². The van der Waals surface area contributed by atoms with Crippen LogP contribution in [0.1, 0.15) is 69.5 Å². The number of aryl methyl sites for hydroxylation is 1. The van der Waals surface area contributed by atoms with E-state index in [0.717, 1.165) is 36.9 Å². The van der Waals surface area contributed by atoms with Crippen LogP contribution in [0.15, 0.2) is 4.52 Å². The standard InChI is InChI=1S/C14H24N2O2/c1-2-11-6-5-7-12(10-11)14-15-13(18-16-14)8-3-4-9-17/h11-12,17H,2-10H2,1H3. The molecule has 2 rings (SSSR count). The lowest BCUT2D eigenvalue weighted by Gasteiger charge is -2.26. The number of hydrogen-bond donors (Lipinski definition) is 1. The molecule has 0 saturated heterocycles. The van der Waals surface area contributed by atoms with Crippen molar-refractivity contribution in [2.75, 3.05) is 6.61 Å². The van der Waals surface area contributed by atoms with Gasteiger partial charge >= 0.3 is 0 Å². The first-order chi connectivity index (χ1) is 8.83. The molecule has 0 radical (unpaired) electrons. The highest BCUT2D eigenvalue weighted by Crippen LogP contribution is 2.36. The minimum Gasteiger partial charge on any atom is -0.396 e. The van der Waals surface area contributed by atoms with E-state index in [1.807, 2.05) is 0 Å². The van der Waals surface area contributed by atoms with Crippen molar-refractivity contribution in [1.29, 1.82) is 0 Å². The van der Waals surface area contributed by atoms with E-state index in [4.69, 9.17) is 9.63 Å². The molecule has 1 heterocycles. The lowest BCUT2D eigenvalue weighted by molar-refractivity contribution is 0.280. The van der Waals surface area contributed by atoms with E-state index in [1.165, 1.54) is 32.1 Å². The molecule has 4 heteroatoms. The van der Waals surface area contributed by atoms with Crippen LogP contribution in [-0.4, -0.2) is 21.9 Å². The highest BCUT2D eigenvalue weighted by Gasteiger charge is 2.25. The van der Waals surface area contributed by atoms with Crippen molar-refractivity contribution in [1.82, 2.24) is 10.1 Å². The van der Waals surface area contributed by atoms with Crippen molar-refractivity contribution in [2.24, 2.45) is 5.92 Å². The highest BCUT2D eigenvalue weighted by molar-refractivity contribution is 4.98. The molecule has 2 unspecified atom stereocenters. The number of unbranched alkanes of at least 4 members (excludes halogenated alkanes) is 1. The smallest absolute Gasteiger partial charge is 0.226 e. The Morgan fingerprint density at radius 2 is 2.22 bits per heavy atom. The van der Waals surface area contributed by atoms with Crippen LogP contribution in [0, 0.1) is 5.92 Å². The molecule has 102 valence electrons. The average molecular weight is 252 g/mol. The van der Waals surface area contributed by atoms with E-state index in [1.54, 1.807) is 0 Å². The van der Waals surface area contributed by atoms with Gasteiger partial charge in [-0.15, -0.1) is 0 Å². The molecule has 1 fully saturated rings. The first-order valence-electron chi connectivity index (χ1n) is 7.26. The fraction of sp³-hybridized carbons (Fsp3) is 0.857. The van der Waals surface area contributed by atoms with Gasteiger partial charge in [-0.05, 0) is 31.6 Å². The van der Waals surface area contributed by atoms with Gasteiger partial charge in [-0.3, -0.25) is 0 Å². The molecule has 0 aromatic carbocycles. The van der Waals surface area contributed by atoms with Gasteiger partial charge in [-0.2, -0.15) is 4.98 Å². The highest BCUT2D eigenvalue weighted by atomic mass is 16.5. The second-order valence-electron chi connectivity index (χ2n) is 5.36. The van der Waals surface area contributed by atoms with Gasteiger partial charge in [-0.1, -0.05) is 31.3 Å². The molecule has 1 aromatic rings. The molecule has 1 aromatic heterocycles. The van der Waals surface area contributed by atoms with Crippen molar-refractivity contribution in [3.63, 3.8) is 0 Å². The molecule has 1 N–H and O–H groups in total. The van der Waals surface area contributed by atoms with Gasteiger partial charge in [0.1, 0.15) is 0 Å². The number of nitrogens with zero attached hydrogens (tertiary/aromatic N) is 2. The second kappa shape index (κ2) is 6.88. The van der Waals surface area contributed by atoms with Crippen LogP contribution in [0.5, 0.6) is 0 Å². The van der Waals surface area contributed by atoms with Crippen LogP contribution in [0.3, 0.4) is 0 Å². The average Bonchev–Trinajstić information content (AvgIpc) is 2.88. The minimum atomic E-state index is 0.238. The minimum absolute atomic E-state index is 0.238. The summed E-state index contributed by atoms with van der Waals surface area (Å²) in [5.41, 5.74) is 0. The van der Waals surface area contributed by atoms with Crippen LogP contribution >= 0.6 is 0 Å². The maximum absolute atomic E-state index is 8.74. The molecular weight excluding hydrogens is 228 g/mol. The zero-order chi connectivity index (χ0) is 12.8. The second-order valence-corrected chi connectivity index (χ2v) is 5.36. The molecule has 4 nitrogen and oxygen atoms in total. The van der Waals surface area contributed by atoms with Crippen LogP contribution in [-0.2, 0) is 6.42 Å². The number of aliphatic hydroxyl groups is 1. The molecule has 0 spiro atoms. The lowest BCUT2D eigenvalue weighted by Crippen LogP contribution is -2.14. The van der Waals surface area contributed by atoms with E-state index < -0.39 is 0 Å². The lowest BCUT2D eigenvalue weighted by atomic mass is 9.80. The Morgan fingerprint density at radius 1 is 1.33 bits per heavy atom. The quantitative estimate of drug-likeness (QED) is 0.790. The largest absolute Gasteiger partial charge is 0.396 e. The van der Waals surface area contributed by atoms with Crippen molar-refractivity contribution < 1.29 is 9.63 Å².